The van der Waals surface area contributed by atoms with Crippen molar-refractivity contribution in [2.75, 3.05) is 31.9 Å². The fourth-order valence-corrected chi connectivity index (χ4v) is 2.76. The maximum Gasteiger partial charge on any atom is 0.320 e. The van der Waals surface area contributed by atoms with Crippen LogP contribution in [0, 0.1) is 11.3 Å². The van der Waals surface area contributed by atoms with Crippen molar-refractivity contribution in [2.45, 2.75) is 13.0 Å². The lowest BCUT2D eigenvalue weighted by Crippen LogP contribution is -2.53. The summed E-state index contributed by atoms with van der Waals surface area (Å²) in [4.78, 5) is 12.5. The summed E-state index contributed by atoms with van der Waals surface area (Å²) in [5.74, 6) is -1.44. The Morgan fingerprint density at radius 3 is 2.35 bits per heavy atom. The Balaban J connectivity index is 2.58. The SMILES string of the molecule is CC(C(=O)O)N1CCN(S(=O)(=O)CC#N)CC1. The van der Waals surface area contributed by atoms with Crippen LogP contribution in [-0.2, 0) is 14.8 Å². The molecule has 8 heteroatoms. The van der Waals surface area contributed by atoms with Crippen LogP contribution in [0.4, 0.5) is 0 Å². The maximum atomic E-state index is 11.6. The van der Waals surface area contributed by atoms with Gasteiger partial charge < -0.3 is 5.11 Å². The average Bonchev–Trinajstić information content (AvgIpc) is 2.28. The molecule has 0 radical (unpaired) electrons. The minimum absolute atomic E-state index is 0.238. The quantitative estimate of drug-likeness (QED) is 0.691. The Kier molecular flexibility index (Phi) is 4.45. The molecule has 1 fully saturated rings. The number of nitriles is 1. The molecule has 1 rings (SSSR count). The monoisotopic (exact) mass is 261 g/mol. The predicted octanol–water partition coefficient (Wildman–Crippen LogP) is -1.07. The van der Waals surface area contributed by atoms with Crippen LogP contribution in [0.25, 0.3) is 0 Å². The summed E-state index contributed by atoms with van der Waals surface area (Å²) < 4.78 is 24.4. The number of nitrogens with zero attached hydrogens (tertiary/aromatic N) is 3. The van der Waals surface area contributed by atoms with E-state index in [1.54, 1.807) is 17.9 Å². The number of piperazine rings is 1. The summed E-state index contributed by atoms with van der Waals surface area (Å²) in [7, 11) is -3.50. The van der Waals surface area contributed by atoms with Gasteiger partial charge in [0.05, 0.1) is 6.07 Å². The maximum absolute atomic E-state index is 11.6. The molecule has 1 saturated heterocycles. The third kappa shape index (κ3) is 3.39. The third-order valence-corrected chi connectivity index (χ3v) is 4.46. The topological polar surface area (TPSA) is 102 Å². The fraction of sp³-hybridized carbons (Fsp3) is 0.778. The van der Waals surface area contributed by atoms with E-state index in [-0.39, 0.29) is 13.1 Å². The zero-order valence-electron chi connectivity index (χ0n) is 9.53. The predicted molar refractivity (Wildman–Crippen MR) is 59.6 cm³/mol. The van der Waals surface area contributed by atoms with E-state index < -0.39 is 27.8 Å². The molecule has 0 aromatic carbocycles. The Bertz CT molecular complexity index is 420. The number of carbonyl (C=O) groups is 1. The molecule has 0 saturated carbocycles. The average molecular weight is 261 g/mol. The lowest BCUT2D eigenvalue weighted by molar-refractivity contribution is -0.143. The van der Waals surface area contributed by atoms with Gasteiger partial charge in [-0.3, -0.25) is 9.69 Å². The Labute approximate surface area is 100 Å². The number of carboxylic acid groups (broad SMARTS) is 1. The molecule has 0 amide bonds. The molecule has 1 heterocycles. The van der Waals surface area contributed by atoms with Crippen LogP contribution < -0.4 is 0 Å². The Hall–Kier alpha value is -1.17. The van der Waals surface area contributed by atoms with E-state index in [4.69, 9.17) is 10.4 Å². The highest BCUT2D eigenvalue weighted by Crippen LogP contribution is 2.10. The van der Waals surface area contributed by atoms with Crippen LogP contribution >= 0.6 is 0 Å². The van der Waals surface area contributed by atoms with E-state index in [2.05, 4.69) is 0 Å². The molecule has 1 aliphatic heterocycles. The summed E-state index contributed by atoms with van der Waals surface area (Å²) in [6.07, 6.45) is 0. The first kappa shape index (κ1) is 13.9. The zero-order chi connectivity index (χ0) is 13.1. The summed E-state index contributed by atoms with van der Waals surface area (Å²) in [5.41, 5.74) is 0. The van der Waals surface area contributed by atoms with Gasteiger partial charge in [-0.25, -0.2) is 8.42 Å². The van der Waals surface area contributed by atoms with Crippen LogP contribution in [-0.4, -0.2) is 66.7 Å². The molecule has 0 bridgehead atoms. The molecular formula is C9H15N3O4S. The highest BCUT2D eigenvalue weighted by atomic mass is 32.2. The van der Waals surface area contributed by atoms with Crippen molar-refractivity contribution in [3.05, 3.63) is 0 Å². The number of aliphatic carboxylic acids is 1. The van der Waals surface area contributed by atoms with Crippen LogP contribution in [0.2, 0.25) is 0 Å². The van der Waals surface area contributed by atoms with Crippen LogP contribution in [0.1, 0.15) is 6.92 Å². The lowest BCUT2D eigenvalue weighted by Gasteiger charge is -2.35. The Morgan fingerprint density at radius 1 is 1.41 bits per heavy atom. The van der Waals surface area contributed by atoms with E-state index in [0.29, 0.717) is 13.1 Å². The van der Waals surface area contributed by atoms with Crippen LogP contribution in [0.3, 0.4) is 0 Å². The van der Waals surface area contributed by atoms with Gasteiger partial charge >= 0.3 is 5.97 Å². The second-order valence-corrected chi connectivity index (χ2v) is 5.83. The summed E-state index contributed by atoms with van der Waals surface area (Å²) in [6.45, 7) is 2.79. The molecule has 0 aromatic rings. The first-order valence-corrected chi connectivity index (χ1v) is 6.81. The van der Waals surface area contributed by atoms with E-state index in [9.17, 15) is 13.2 Å². The second kappa shape index (κ2) is 5.44. The van der Waals surface area contributed by atoms with Gasteiger partial charge in [0.15, 0.2) is 5.75 Å². The van der Waals surface area contributed by atoms with E-state index in [1.165, 1.54) is 4.31 Å². The van der Waals surface area contributed by atoms with Crippen LogP contribution in [0.5, 0.6) is 0 Å². The molecule has 1 atom stereocenters. The Morgan fingerprint density at radius 2 is 1.94 bits per heavy atom. The van der Waals surface area contributed by atoms with Gasteiger partial charge in [-0.15, -0.1) is 0 Å². The molecule has 0 spiro atoms. The van der Waals surface area contributed by atoms with Gasteiger partial charge in [0, 0.05) is 26.2 Å². The van der Waals surface area contributed by atoms with E-state index in [1.807, 2.05) is 0 Å². The largest absolute Gasteiger partial charge is 0.480 e. The van der Waals surface area contributed by atoms with Crippen molar-refractivity contribution in [3.8, 4) is 6.07 Å². The molecule has 7 nitrogen and oxygen atoms in total. The van der Waals surface area contributed by atoms with Gasteiger partial charge in [-0.05, 0) is 6.92 Å². The molecular weight excluding hydrogens is 246 g/mol. The normalized spacial score (nSPS) is 20.7. The molecule has 1 N–H and O–H groups in total. The number of carboxylic acids is 1. The van der Waals surface area contributed by atoms with Crippen molar-refractivity contribution in [2.24, 2.45) is 0 Å². The van der Waals surface area contributed by atoms with Gasteiger partial charge in [-0.1, -0.05) is 0 Å². The summed E-state index contributed by atoms with van der Waals surface area (Å²) >= 11 is 0. The minimum Gasteiger partial charge on any atom is -0.480 e. The van der Waals surface area contributed by atoms with Gasteiger partial charge in [0.2, 0.25) is 10.0 Å². The molecule has 1 unspecified atom stereocenters. The fourth-order valence-electron chi connectivity index (χ4n) is 1.70. The van der Waals surface area contributed by atoms with Gasteiger partial charge in [0.1, 0.15) is 6.04 Å². The van der Waals surface area contributed by atoms with Gasteiger partial charge in [-0.2, -0.15) is 9.57 Å². The standard InChI is InChI=1S/C9H15N3O4S/c1-8(9(13)14)11-3-5-12(6-4-11)17(15,16)7-2-10/h8H,3-7H2,1H3,(H,13,14). The molecule has 17 heavy (non-hydrogen) atoms. The zero-order valence-corrected chi connectivity index (χ0v) is 10.4. The lowest BCUT2D eigenvalue weighted by atomic mass is 10.2. The molecule has 0 aromatic heterocycles. The molecule has 1 aliphatic rings. The third-order valence-electron chi connectivity index (χ3n) is 2.82. The smallest absolute Gasteiger partial charge is 0.320 e. The summed E-state index contributed by atoms with van der Waals surface area (Å²) in [5, 5.41) is 17.2. The van der Waals surface area contributed by atoms with Gasteiger partial charge in [0.25, 0.3) is 0 Å². The first-order valence-electron chi connectivity index (χ1n) is 5.20. The van der Waals surface area contributed by atoms with Crippen molar-refractivity contribution >= 4 is 16.0 Å². The number of sulfonamides is 1. The number of hydrogen-bond acceptors (Lipinski definition) is 5. The first-order chi connectivity index (χ1) is 7.88. The number of rotatable bonds is 4. The van der Waals surface area contributed by atoms with Crippen molar-refractivity contribution in [1.82, 2.24) is 9.21 Å². The second-order valence-electron chi connectivity index (χ2n) is 3.86. The number of hydrogen-bond donors (Lipinski definition) is 1. The van der Waals surface area contributed by atoms with Crippen molar-refractivity contribution in [3.63, 3.8) is 0 Å². The van der Waals surface area contributed by atoms with Crippen molar-refractivity contribution < 1.29 is 18.3 Å². The highest BCUT2D eigenvalue weighted by molar-refractivity contribution is 7.89. The van der Waals surface area contributed by atoms with E-state index in [0.717, 1.165) is 0 Å². The minimum atomic E-state index is -3.50. The van der Waals surface area contributed by atoms with Crippen molar-refractivity contribution in [1.29, 1.82) is 5.26 Å². The van der Waals surface area contributed by atoms with Crippen LogP contribution in [0.15, 0.2) is 0 Å². The highest BCUT2D eigenvalue weighted by Gasteiger charge is 2.30. The molecule has 96 valence electrons. The van der Waals surface area contributed by atoms with E-state index >= 15 is 0 Å². The summed E-state index contributed by atoms with van der Waals surface area (Å²) in [6, 6.07) is 1.01. The molecule has 0 aliphatic carbocycles.